The summed E-state index contributed by atoms with van der Waals surface area (Å²) in [6.45, 7) is 1.95. The average molecular weight is 343 g/mol. The molecule has 0 atom stereocenters. The van der Waals surface area contributed by atoms with Gasteiger partial charge in [-0.25, -0.2) is 4.98 Å². The Bertz CT molecular complexity index is 705. The molecular weight excluding hydrogens is 322 g/mol. The summed E-state index contributed by atoms with van der Waals surface area (Å²) in [5, 5.41) is 0.474. The summed E-state index contributed by atoms with van der Waals surface area (Å²) < 4.78 is 10.4. The minimum Gasteiger partial charge on any atom is -0.371 e. The van der Waals surface area contributed by atoms with Crippen LogP contribution in [0.1, 0.15) is 41.9 Å². The lowest BCUT2D eigenvalue weighted by Gasteiger charge is -2.44. The maximum atomic E-state index is 12.8. The lowest BCUT2D eigenvalue weighted by Crippen LogP contribution is -2.54. The van der Waals surface area contributed by atoms with Crippen molar-refractivity contribution in [2.75, 3.05) is 19.7 Å². The van der Waals surface area contributed by atoms with Gasteiger partial charge in [0.05, 0.1) is 18.8 Å². The molecular formula is C18H21N3O2S. The van der Waals surface area contributed by atoms with Crippen LogP contribution in [0.4, 0.5) is 0 Å². The number of rotatable bonds is 2. The molecule has 24 heavy (non-hydrogen) atoms. The Labute approximate surface area is 145 Å². The molecule has 1 saturated carbocycles. The minimum absolute atomic E-state index is 0.0112. The quantitative estimate of drug-likeness (QED) is 0.839. The van der Waals surface area contributed by atoms with Crippen LogP contribution in [0.15, 0.2) is 30.3 Å². The summed E-state index contributed by atoms with van der Waals surface area (Å²) in [4.78, 5) is 19.2. The number of morpholine rings is 1. The highest BCUT2D eigenvalue weighted by atomic mass is 32.1. The van der Waals surface area contributed by atoms with E-state index < -0.39 is 0 Å². The number of nitrogens with zero attached hydrogens (tertiary/aromatic N) is 3. The monoisotopic (exact) mass is 343 g/mol. The standard InChI is InChI=1S/C18H21N3O2S/c22-17(16-19-15(20-24-16)14-7-3-1-4-8-14)21-11-12-23-18(13-21)9-5-2-6-10-18/h1,3-4,7-8H,2,5-6,9-13H2. The van der Waals surface area contributed by atoms with Gasteiger partial charge in [-0.15, -0.1) is 0 Å². The summed E-state index contributed by atoms with van der Waals surface area (Å²) >= 11 is 1.19. The highest BCUT2D eigenvalue weighted by Crippen LogP contribution is 2.34. The van der Waals surface area contributed by atoms with E-state index in [4.69, 9.17) is 4.74 Å². The number of hydrogen-bond acceptors (Lipinski definition) is 5. The number of benzene rings is 1. The molecule has 2 heterocycles. The van der Waals surface area contributed by atoms with Crippen LogP contribution in [0.5, 0.6) is 0 Å². The smallest absolute Gasteiger partial charge is 0.284 e. The van der Waals surface area contributed by atoms with Gasteiger partial charge in [-0.2, -0.15) is 4.37 Å². The SMILES string of the molecule is O=C(c1nc(-c2ccccc2)ns1)N1CCOC2(CCCCC2)C1. The summed E-state index contributed by atoms with van der Waals surface area (Å²) in [6.07, 6.45) is 5.78. The fraction of sp³-hybridized carbons (Fsp3) is 0.500. The molecule has 1 spiro atoms. The first kappa shape index (κ1) is 15.7. The lowest BCUT2D eigenvalue weighted by molar-refractivity contribution is -0.117. The van der Waals surface area contributed by atoms with Crippen molar-refractivity contribution in [2.45, 2.75) is 37.7 Å². The van der Waals surface area contributed by atoms with Crippen molar-refractivity contribution in [1.29, 1.82) is 0 Å². The molecule has 0 radical (unpaired) electrons. The van der Waals surface area contributed by atoms with Crippen molar-refractivity contribution in [3.63, 3.8) is 0 Å². The summed E-state index contributed by atoms with van der Waals surface area (Å²) in [5.74, 6) is 0.618. The third kappa shape index (κ3) is 3.08. The van der Waals surface area contributed by atoms with Gasteiger partial charge < -0.3 is 9.64 Å². The molecule has 1 aliphatic carbocycles. The summed E-state index contributed by atoms with van der Waals surface area (Å²) in [7, 11) is 0. The van der Waals surface area contributed by atoms with Gasteiger partial charge in [0, 0.05) is 12.1 Å². The van der Waals surface area contributed by atoms with Crippen molar-refractivity contribution in [1.82, 2.24) is 14.3 Å². The molecule has 1 saturated heterocycles. The van der Waals surface area contributed by atoms with Crippen LogP contribution in [0.25, 0.3) is 11.4 Å². The molecule has 0 N–H and O–H groups in total. The van der Waals surface area contributed by atoms with Gasteiger partial charge in [0.2, 0.25) is 5.01 Å². The molecule has 2 aromatic rings. The molecule has 0 bridgehead atoms. The molecule has 126 valence electrons. The topological polar surface area (TPSA) is 55.3 Å². The second-order valence-corrected chi connectivity index (χ2v) is 7.36. The second kappa shape index (κ2) is 6.61. The van der Waals surface area contributed by atoms with E-state index in [1.165, 1.54) is 30.8 Å². The molecule has 1 aromatic heterocycles. The number of hydrogen-bond donors (Lipinski definition) is 0. The predicted molar refractivity (Wildman–Crippen MR) is 93.0 cm³/mol. The third-order valence-corrected chi connectivity index (χ3v) is 5.64. The van der Waals surface area contributed by atoms with Gasteiger partial charge in [0.15, 0.2) is 5.82 Å². The second-order valence-electron chi connectivity index (χ2n) is 6.61. The first-order chi connectivity index (χ1) is 11.8. The molecule has 5 nitrogen and oxygen atoms in total. The minimum atomic E-state index is -0.126. The van der Waals surface area contributed by atoms with Crippen LogP contribution in [0.2, 0.25) is 0 Å². The zero-order valence-corrected chi connectivity index (χ0v) is 14.4. The number of ether oxygens (including phenoxy) is 1. The van der Waals surface area contributed by atoms with E-state index in [1.54, 1.807) is 0 Å². The van der Waals surface area contributed by atoms with E-state index in [0.717, 1.165) is 18.4 Å². The Hall–Kier alpha value is -1.79. The Balaban J connectivity index is 1.50. The van der Waals surface area contributed by atoms with Crippen LogP contribution in [-0.2, 0) is 4.74 Å². The van der Waals surface area contributed by atoms with Crippen molar-refractivity contribution >= 4 is 17.4 Å². The average Bonchev–Trinajstić information content (AvgIpc) is 3.13. The maximum Gasteiger partial charge on any atom is 0.284 e. The molecule has 1 amide bonds. The summed E-state index contributed by atoms with van der Waals surface area (Å²) in [6, 6.07) is 9.78. The van der Waals surface area contributed by atoms with Gasteiger partial charge in [-0.3, -0.25) is 4.79 Å². The Morgan fingerprint density at radius 1 is 1.17 bits per heavy atom. The van der Waals surface area contributed by atoms with Gasteiger partial charge in [0.25, 0.3) is 5.91 Å². The zero-order chi connectivity index (χ0) is 16.4. The highest BCUT2D eigenvalue weighted by molar-refractivity contribution is 7.07. The first-order valence-electron chi connectivity index (χ1n) is 8.58. The van der Waals surface area contributed by atoms with E-state index in [-0.39, 0.29) is 11.5 Å². The van der Waals surface area contributed by atoms with E-state index in [1.807, 2.05) is 35.2 Å². The van der Waals surface area contributed by atoms with Crippen LogP contribution in [0, 0.1) is 0 Å². The number of amides is 1. The number of carbonyl (C=O) groups excluding carboxylic acids is 1. The Morgan fingerprint density at radius 2 is 1.96 bits per heavy atom. The molecule has 1 aromatic carbocycles. The van der Waals surface area contributed by atoms with Gasteiger partial charge in [0.1, 0.15) is 0 Å². The predicted octanol–water partition coefficient (Wildman–Crippen LogP) is 3.38. The molecule has 2 aliphatic rings. The van der Waals surface area contributed by atoms with Crippen LogP contribution in [-0.4, -0.2) is 45.5 Å². The largest absolute Gasteiger partial charge is 0.371 e. The van der Waals surface area contributed by atoms with Gasteiger partial charge in [-0.1, -0.05) is 49.6 Å². The van der Waals surface area contributed by atoms with Crippen LogP contribution in [0.3, 0.4) is 0 Å². The van der Waals surface area contributed by atoms with Crippen molar-refractivity contribution in [3.8, 4) is 11.4 Å². The molecule has 2 fully saturated rings. The molecule has 4 rings (SSSR count). The fourth-order valence-corrected chi connectivity index (χ4v) is 4.32. The Morgan fingerprint density at radius 3 is 2.75 bits per heavy atom. The first-order valence-corrected chi connectivity index (χ1v) is 9.36. The Kier molecular flexibility index (Phi) is 4.33. The molecule has 0 unspecified atom stereocenters. The fourth-order valence-electron chi connectivity index (χ4n) is 3.67. The third-order valence-electron chi connectivity index (χ3n) is 4.94. The number of aromatic nitrogens is 2. The zero-order valence-electron chi connectivity index (χ0n) is 13.6. The van der Waals surface area contributed by atoms with Crippen LogP contribution >= 0.6 is 11.5 Å². The molecule has 1 aliphatic heterocycles. The van der Waals surface area contributed by atoms with Gasteiger partial charge >= 0.3 is 0 Å². The lowest BCUT2D eigenvalue weighted by atomic mass is 9.83. The summed E-state index contributed by atoms with van der Waals surface area (Å²) in [5.41, 5.74) is 0.817. The van der Waals surface area contributed by atoms with E-state index >= 15 is 0 Å². The van der Waals surface area contributed by atoms with E-state index in [0.29, 0.717) is 30.5 Å². The number of carbonyl (C=O) groups is 1. The van der Waals surface area contributed by atoms with Crippen molar-refractivity contribution in [3.05, 3.63) is 35.3 Å². The van der Waals surface area contributed by atoms with Crippen molar-refractivity contribution in [2.24, 2.45) is 0 Å². The molecule has 6 heteroatoms. The van der Waals surface area contributed by atoms with Crippen LogP contribution < -0.4 is 0 Å². The highest BCUT2D eigenvalue weighted by Gasteiger charge is 2.39. The van der Waals surface area contributed by atoms with Gasteiger partial charge in [-0.05, 0) is 24.4 Å². The van der Waals surface area contributed by atoms with E-state index in [9.17, 15) is 4.79 Å². The normalized spacial score (nSPS) is 20.2. The van der Waals surface area contributed by atoms with E-state index in [2.05, 4.69) is 9.36 Å². The maximum absolute atomic E-state index is 12.8. The van der Waals surface area contributed by atoms with Crippen molar-refractivity contribution < 1.29 is 9.53 Å².